The highest BCUT2D eigenvalue weighted by molar-refractivity contribution is 7.86. The van der Waals surface area contributed by atoms with Gasteiger partial charge in [-0.25, -0.2) is 4.57 Å². The van der Waals surface area contributed by atoms with Crippen molar-refractivity contribution in [3.63, 3.8) is 0 Å². The molecule has 0 radical (unpaired) electrons. The predicted octanol–water partition coefficient (Wildman–Crippen LogP) is 13.4. The minimum atomic E-state index is -4.83. The molecule has 15 nitrogen and oxygen atoms in total. The molecule has 11 rings (SSSR count). The van der Waals surface area contributed by atoms with Gasteiger partial charge in [0, 0.05) is 38.2 Å². The van der Waals surface area contributed by atoms with Crippen LogP contribution < -0.4 is 20.6 Å². The molecule has 0 aliphatic rings. The first-order valence-electron chi connectivity index (χ1n) is 24.4. The Morgan fingerprint density at radius 3 is 1.47 bits per heavy atom. The largest absolute Gasteiger partial charge is 0.455 e. The van der Waals surface area contributed by atoms with E-state index >= 15 is 9.59 Å². The van der Waals surface area contributed by atoms with Gasteiger partial charge in [0.15, 0.2) is 11.3 Å². The summed E-state index contributed by atoms with van der Waals surface area (Å²) >= 11 is 0. The van der Waals surface area contributed by atoms with Crippen molar-refractivity contribution in [2.45, 2.75) is 54.2 Å². The van der Waals surface area contributed by atoms with Crippen LogP contribution in [0, 0.1) is 0 Å². The van der Waals surface area contributed by atoms with E-state index in [2.05, 4.69) is 0 Å². The smallest absolute Gasteiger partial charge is 0.294 e. The Morgan fingerprint density at radius 1 is 0.436 bits per heavy atom. The molecule has 0 atom stereocenters. The van der Waals surface area contributed by atoms with Crippen molar-refractivity contribution < 1.29 is 52.8 Å². The van der Waals surface area contributed by atoms with Crippen LogP contribution in [0.4, 0.5) is 0 Å². The first-order chi connectivity index (χ1) is 37.1. The summed E-state index contributed by atoms with van der Waals surface area (Å²) in [5.41, 5.74) is 3.44. The second kappa shape index (κ2) is 19.2. The van der Waals surface area contributed by atoms with Crippen LogP contribution >= 0.6 is 0 Å². The van der Waals surface area contributed by atoms with Gasteiger partial charge in [-0.1, -0.05) is 137 Å². The summed E-state index contributed by atoms with van der Waals surface area (Å²) in [6.45, 7) is 7.86. The summed E-state index contributed by atoms with van der Waals surface area (Å²) in [6.07, 6.45) is 0. The zero-order valence-corrected chi connectivity index (χ0v) is 44.3. The molecule has 3 N–H and O–H groups in total. The number of hydrogen-bond donors (Lipinski definition) is 3. The molecule has 0 unspecified atom stereocenters. The first kappa shape index (κ1) is 51.6. The van der Waals surface area contributed by atoms with Gasteiger partial charge in [-0.2, -0.15) is 25.3 Å². The van der Waals surface area contributed by atoms with E-state index in [1.807, 2.05) is 88.4 Å². The quantitative estimate of drug-likeness (QED) is 0.0554. The third-order valence-electron chi connectivity index (χ3n) is 13.8. The molecule has 0 saturated carbocycles. The van der Waals surface area contributed by atoms with Gasteiger partial charge in [-0.15, -0.1) is 0 Å². The van der Waals surface area contributed by atoms with E-state index in [1.165, 1.54) is 53.1 Å². The molecular formula is C60H45NO14S3. The number of nitrogens with zero attached hydrogens (tertiary/aromatic N) is 1. The molecule has 11 aromatic rings. The fourth-order valence-electron chi connectivity index (χ4n) is 10.1. The zero-order valence-electron chi connectivity index (χ0n) is 41.8. The molecule has 18 heteroatoms. The van der Waals surface area contributed by atoms with E-state index in [0.29, 0.717) is 38.7 Å². The topological polar surface area (TPSA) is 234 Å². The highest BCUT2D eigenvalue weighted by Gasteiger charge is 2.30. The Bertz CT molecular complexity index is 4700. The maximum absolute atomic E-state index is 15.8. The van der Waals surface area contributed by atoms with Gasteiger partial charge in [0.25, 0.3) is 41.5 Å². The molecule has 0 bridgehead atoms. The Morgan fingerprint density at radius 2 is 0.923 bits per heavy atom. The molecule has 0 saturated heterocycles. The molecule has 0 aliphatic carbocycles. The molecule has 0 aliphatic heterocycles. The average molecular weight is 1100 g/mol. The van der Waals surface area contributed by atoms with Gasteiger partial charge >= 0.3 is 0 Å². The van der Waals surface area contributed by atoms with Crippen molar-refractivity contribution in [2.24, 2.45) is 0 Å². The maximum atomic E-state index is 15.8. The van der Waals surface area contributed by atoms with E-state index in [-0.39, 0.29) is 78.0 Å². The van der Waals surface area contributed by atoms with Gasteiger partial charge in [-0.05, 0) is 100 Å². The van der Waals surface area contributed by atoms with Crippen LogP contribution in [0.25, 0.3) is 82.6 Å². The molecular weight excluding hydrogens is 1050 g/mol. The molecule has 2 aromatic heterocycles. The summed E-state index contributed by atoms with van der Waals surface area (Å²) in [5, 5.41) is 1.43. The van der Waals surface area contributed by atoms with Crippen molar-refractivity contribution in [1.29, 1.82) is 0 Å². The van der Waals surface area contributed by atoms with Crippen molar-refractivity contribution in [1.82, 2.24) is 4.57 Å². The molecule has 78 heavy (non-hydrogen) atoms. The van der Waals surface area contributed by atoms with Crippen LogP contribution in [0.1, 0.15) is 50.7 Å². The Kier molecular flexibility index (Phi) is 12.7. The minimum absolute atomic E-state index is 0.0255. The zero-order chi connectivity index (χ0) is 55.2. The fourth-order valence-corrected chi connectivity index (χ4v) is 11.6. The number of ether oxygens (including phenoxy) is 2. The SMILES string of the molecule is CC(C)c1cccc(C(C)C)c1-n1c(=O)c2cc(Oc3ccc(S(=O)(=O)O)cc3-c3ccc(S(=O)(=O)O)cc3)c3oc4ccccc4c4c(Oc5c(-c6ccccc6)cccc5-c5ccc(S(=O)(=O)O)cc5)cc(c1=O)c2c34. The van der Waals surface area contributed by atoms with Crippen LogP contribution in [0.5, 0.6) is 23.0 Å². The Balaban J connectivity index is 1.28. The molecule has 9 aromatic carbocycles. The monoisotopic (exact) mass is 1100 g/mol. The lowest BCUT2D eigenvalue weighted by atomic mass is 9.91. The molecule has 392 valence electrons. The summed E-state index contributed by atoms with van der Waals surface area (Å²) in [5.74, 6) is -0.0249. The lowest BCUT2D eigenvalue weighted by molar-refractivity contribution is 0.474. The minimum Gasteiger partial charge on any atom is -0.455 e. The van der Waals surface area contributed by atoms with E-state index in [9.17, 15) is 38.9 Å². The highest BCUT2D eigenvalue weighted by Crippen LogP contribution is 2.51. The van der Waals surface area contributed by atoms with Gasteiger partial charge in [-0.3, -0.25) is 23.2 Å². The van der Waals surface area contributed by atoms with Crippen molar-refractivity contribution in [2.75, 3.05) is 0 Å². The standard InChI is InChI=1S/C60H45NO14S3/c1-33(2)41-15-10-16-42(34(3)4)56(41)61-59(62)47-31-51(75-57-43(35-12-6-5-7-13-35)17-11-18-44(57)36-20-24-38(25-21-36)76(64,65)66)54-45-14-8-9-19-49(45)74-58-52(32-48(60(61)63)53(47)55(54)58)73-50-29-28-40(78(70,71)72)30-46(50)37-22-26-39(27-23-37)77(67,68)69/h5-34H,1-4H3,(H,64,65,66)(H,67,68,69)(H,70,71,72). The van der Waals surface area contributed by atoms with Crippen molar-refractivity contribution in [3.05, 3.63) is 202 Å². The number of hydrogen-bond acceptors (Lipinski definition) is 11. The molecule has 2 heterocycles. The number of fused-ring (bicyclic) bond motifs is 2. The van der Waals surface area contributed by atoms with Crippen LogP contribution in [-0.4, -0.2) is 43.5 Å². The van der Waals surface area contributed by atoms with Crippen LogP contribution in [-0.2, 0) is 30.4 Å². The number of benzene rings is 9. The summed E-state index contributed by atoms with van der Waals surface area (Å²) in [4.78, 5) is 30.2. The molecule has 0 amide bonds. The second-order valence-corrected chi connectivity index (χ2v) is 23.6. The van der Waals surface area contributed by atoms with E-state index in [0.717, 1.165) is 41.0 Å². The average Bonchev–Trinajstić information content (AvgIpc) is 3.53. The highest BCUT2D eigenvalue weighted by atomic mass is 32.2. The Hall–Kier alpha value is -8.49. The lowest BCUT2D eigenvalue weighted by Gasteiger charge is -2.23. The van der Waals surface area contributed by atoms with Crippen molar-refractivity contribution >= 4 is 73.8 Å². The normalized spacial score (nSPS) is 12.4. The second-order valence-electron chi connectivity index (χ2n) is 19.3. The summed E-state index contributed by atoms with van der Waals surface area (Å²) in [6, 6.07) is 44.5. The maximum Gasteiger partial charge on any atom is 0.294 e. The van der Waals surface area contributed by atoms with Crippen LogP contribution in [0.15, 0.2) is 199 Å². The van der Waals surface area contributed by atoms with Gasteiger partial charge < -0.3 is 13.9 Å². The van der Waals surface area contributed by atoms with Gasteiger partial charge in [0.1, 0.15) is 22.8 Å². The Labute approximate surface area is 446 Å². The van der Waals surface area contributed by atoms with E-state index in [1.54, 1.807) is 36.4 Å². The third-order valence-corrected chi connectivity index (χ3v) is 16.4. The van der Waals surface area contributed by atoms with Crippen LogP contribution in [0.3, 0.4) is 0 Å². The number of aromatic nitrogens is 1. The fraction of sp³-hybridized carbons (Fsp3) is 0.100. The summed E-state index contributed by atoms with van der Waals surface area (Å²) < 4.78 is 126. The van der Waals surface area contributed by atoms with Crippen molar-refractivity contribution in [3.8, 4) is 62.1 Å². The van der Waals surface area contributed by atoms with Crippen LogP contribution in [0.2, 0.25) is 0 Å². The van der Waals surface area contributed by atoms with E-state index in [4.69, 9.17) is 13.9 Å². The molecule has 0 spiro atoms. The molecule has 0 fully saturated rings. The number of rotatable bonds is 13. The predicted molar refractivity (Wildman–Crippen MR) is 299 cm³/mol. The van der Waals surface area contributed by atoms with E-state index < -0.39 is 51.3 Å². The summed E-state index contributed by atoms with van der Waals surface area (Å²) in [7, 11) is -14.0. The number of pyridine rings is 1. The third kappa shape index (κ3) is 9.06. The first-order valence-corrected chi connectivity index (χ1v) is 28.7. The van der Waals surface area contributed by atoms with Gasteiger partial charge in [0.05, 0.1) is 31.1 Å². The lowest BCUT2D eigenvalue weighted by Crippen LogP contribution is -2.34. The number of para-hydroxylation sites is 3. The van der Waals surface area contributed by atoms with Gasteiger partial charge in [0.2, 0.25) is 0 Å².